The van der Waals surface area contributed by atoms with E-state index in [2.05, 4.69) is 67.7 Å². The van der Waals surface area contributed by atoms with Crippen molar-refractivity contribution >= 4 is 0 Å². The molecular formula is C26H50. The Balaban J connectivity index is 4.62. The monoisotopic (exact) mass is 362 g/mol. The van der Waals surface area contributed by atoms with Crippen LogP contribution in [0, 0.1) is 29.1 Å². The van der Waals surface area contributed by atoms with Crippen molar-refractivity contribution in [3.63, 3.8) is 0 Å². The molecule has 0 aliphatic carbocycles. The van der Waals surface area contributed by atoms with Gasteiger partial charge in [0.25, 0.3) is 0 Å². The van der Waals surface area contributed by atoms with Crippen molar-refractivity contribution in [1.29, 1.82) is 0 Å². The highest BCUT2D eigenvalue weighted by atomic mass is 14.4. The summed E-state index contributed by atoms with van der Waals surface area (Å²) in [7, 11) is 0. The third kappa shape index (κ3) is 9.43. The van der Waals surface area contributed by atoms with Crippen LogP contribution in [0.25, 0.3) is 0 Å². The van der Waals surface area contributed by atoms with Crippen LogP contribution in [0.4, 0.5) is 0 Å². The number of rotatable bonds is 16. The summed E-state index contributed by atoms with van der Waals surface area (Å²) in [4.78, 5) is 0. The summed E-state index contributed by atoms with van der Waals surface area (Å²) < 4.78 is 0. The molecule has 0 nitrogen and oxygen atoms in total. The van der Waals surface area contributed by atoms with Gasteiger partial charge in [0.2, 0.25) is 0 Å². The number of allylic oxidation sites excluding steroid dienone is 2. The van der Waals surface area contributed by atoms with Gasteiger partial charge in [-0.2, -0.15) is 0 Å². The van der Waals surface area contributed by atoms with E-state index in [1.54, 1.807) is 0 Å². The maximum atomic E-state index is 4.12. The maximum Gasteiger partial charge on any atom is -0.0251 e. The minimum Gasteiger partial charge on any atom is -0.103 e. The Morgan fingerprint density at radius 3 is 2.08 bits per heavy atom. The average Bonchev–Trinajstić information content (AvgIpc) is 2.54. The van der Waals surface area contributed by atoms with Gasteiger partial charge in [-0.05, 0) is 74.5 Å². The molecule has 26 heavy (non-hydrogen) atoms. The molecule has 0 heteroatoms. The van der Waals surface area contributed by atoms with Crippen LogP contribution in [0.15, 0.2) is 24.8 Å². The highest BCUT2D eigenvalue weighted by Crippen LogP contribution is 2.47. The first kappa shape index (κ1) is 25.5. The molecule has 0 bridgehead atoms. The molecule has 4 atom stereocenters. The standard InChI is InChI=1S/C26H50/c1-10-12-13-14-16-23(7)17-15-18-26(11-2,22(5)6)25(9)20-24(8)19-21(3)4/h10,22-25H,1,3,11-20H2,2,4-9H3. The smallest absolute Gasteiger partial charge is 0.0251 e. The Hall–Kier alpha value is -0.520. The lowest BCUT2D eigenvalue weighted by Gasteiger charge is -2.44. The van der Waals surface area contributed by atoms with Gasteiger partial charge in [0.15, 0.2) is 0 Å². The Bertz CT molecular complexity index is 377. The van der Waals surface area contributed by atoms with Crippen LogP contribution in [0.3, 0.4) is 0 Å². The van der Waals surface area contributed by atoms with Gasteiger partial charge >= 0.3 is 0 Å². The fraction of sp³-hybridized carbons (Fsp3) is 0.846. The summed E-state index contributed by atoms with van der Waals surface area (Å²) in [5, 5.41) is 0. The zero-order chi connectivity index (χ0) is 20.2. The zero-order valence-electron chi connectivity index (χ0n) is 19.4. The summed E-state index contributed by atoms with van der Waals surface area (Å²) in [6.07, 6.45) is 15.3. The quantitative estimate of drug-likeness (QED) is 0.189. The van der Waals surface area contributed by atoms with Gasteiger partial charge in [0.05, 0.1) is 0 Å². The average molecular weight is 363 g/mol. The van der Waals surface area contributed by atoms with Gasteiger partial charge in [-0.25, -0.2) is 0 Å². The van der Waals surface area contributed by atoms with Crippen LogP contribution in [0.2, 0.25) is 0 Å². The lowest BCUT2D eigenvalue weighted by atomic mass is 9.61. The molecule has 0 spiro atoms. The molecule has 0 N–H and O–H groups in total. The number of hydrogen-bond donors (Lipinski definition) is 0. The number of unbranched alkanes of at least 4 members (excludes halogenated alkanes) is 2. The first-order valence-corrected chi connectivity index (χ1v) is 11.4. The van der Waals surface area contributed by atoms with E-state index < -0.39 is 0 Å². The van der Waals surface area contributed by atoms with Gasteiger partial charge in [-0.3, -0.25) is 0 Å². The van der Waals surface area contributed by atoms with Gasteiger partial charge in [-0.1, -0.05) is 78.9 Å². The summed E-state index contributed by atoms with van der Waals surface area (Å²) >= 11 is 0. The van der Waals surface area contributed by atoms with Crippen LogP contribution in [0.5, 0.6) is 0 Å². The highest BCUT2D eigenvalue weighted by molar-refractivity contribution is 4.92. The van der Waals surface area contributed by atoms with Crippen LogP contribution in [-0.4, -0.2) is 0 Å². The normalized spacial score (nSPS) is 17.5. The summed E-state index contributed by atoms with van der Waals surface area (Å²) in [5.74, 6) is 3.20. The van der Waals surface area contributed by atoms with Crippen molar-refractivity contribution in [3.05, 3.63) is 24.8 Å². The number of hydrogen-bond acceptors (Lipinski definition) is 0. The minimum atomic E-state index is 0.506. The Kier molecular flexibility index (Phi) is 13.3. The van der Waals surface area contributed by atoms with Crippen molar-refractivity contribution in [2.24, 2.45) is 29.1 Å². The summed E-state index contributed by atoms with van der Waals surface area (Å²) in [6.45, 7) is 24.9. The van der Waals surface area contributed by atoms with E-state index in [0.29, 0.717) is 5.41 Å². The van der Waals surface area contributed by atoms with E-state index in [4.69, 9.17) is 0 Å². The second kappa shape index (κ2) is 13.6. The topological polar surface area (TPSA) is 0 Å². The summed E-state index contributed by atoms with van der Waals surface area (Å²) in [5.41, 5.74) is 1.84. The van der Waals surface area contributed by atoms with E-state index in [0.717, 1.165) is 23.7 Å². The zero-order valence-corrected chi connectivity index (χ0v) is 19.4. The van der Waals surface area contributed by atoms with E-state index in [-0.39, 0.29) is 0 Å². The second-order valence-electron chi connectivity index (χ2n) is 9.72. The van der Waals surface area contributed by atoms with Gasteiger partial charge < -0.3 is 0 Å². The molecule has 0 radical (unpaired) electrons. The molecular weight excluding hydrogens is 312 g/mol. The third-order valence-corrected chi connectivity index (χ3v) is 6.94. The van der Waals surface area contributed by atoms with E-state index >= 15 is 0 Å². The molecule has 4 unspecified atom stereocenters. The molecule has 0 aliphatic heterocycles. The van der Waals surface area contributed by atoms with E-state index in [1.165, 1.54) is 69.8 Å². The SMILES string of the molecule is C=CCCCCC(C)CCCC(CC)(C(C)C)C(C)CC(C)CC(=C)C. The van der Waals surface area contributed by atoms with Gasteiger partial charge in [-0.15, -0.1) is 13.2 Å². The molecule has 0 saturated heterocycles. The highest BCUT2D eigenvalue weighted by Gasteiger charge is 2.37. The Morgan fingerprint density at radius 1 is 0.962 bits per heavy atom. The third-order valence-electron chi connectivity index (χ3n) is 6.94. The molecule has 0 aliphatic rings. The van der Waals surface area contributed by atoms with Crippen molar-refractivity contribution < 1.29 is 0 Å². The molecule has 0 aromatic heterocycles. The van der Waals surface area contributed by atoms with Crippen molar-refractivity contribution in [2.45, 2.75) is 113 Å². The molecule has 0 fully saturated rings. The predicted octanol–water partition coefficient (Wildman–Crippen LogP) is 9.22. The van der Waals surface area contributed by atoms with Crippen LogP contribution >= 0.6 is 0 Å². The van der Waals surface area contributed by atoms with E-state index in [1.807, 2.05) is 0 Å². The van der Waals surface area contributed by atoms with Crippen molar-refractivity contribution in [3.8, 4) is 0 Å². The van der Waals surface area contributed by atoms with Crippen LogP contribution in [-0.2, 0) is 0 Å². The largest absolute Gasteiger partial charge is 0.103 e. The molecule has 0 aromatic rings. The van der Waals surface area contributed by atoms with Crippen LogP contribution < -0.4 is 0 Å². The molecule has 0 heterocycles. The van der Waals surface area contributed by atoms with Gasteiger partial charge in [0.1, 0.15) is 0 Å². The fourth-order valence-corrected chi connectivity index (χ4v) is 5.26. The van der Waals surface area contributed by atoms with E-state index in [9.17, 15) is 0 Å². The molecule has 0 saturated carbocycles. The van der Waals surface area contributed by atoms with Crippen molar-refractivity contribution in [1.82, 2.24) is 0 Å². The molecule has 0 amide bonds. The molecule has 0 aromatic carbocycles. The Morgan fingerprint density at radius 2 is 1.58 bits per heavy atom. The maximum absolute atomic E-state index is 4.12. The Labute approximate surface area is 166 Å². The second-order valence-corrected chi connectivity index (χ2v) is 9.72. The summed E-state index contributed by atoms with van der Waals surface area (Å²) in [6, 6.07) is 0. The predicted molar refractivity (Wildman–Crippen MR) is 122 cm³/mol. The minimum absolute atomic E-state index is 0.506. The molecule has 154 valence electrons. The molecule has 0 rings (SSSR count). The fourth-order valence-electron chi connectivity index (χ4n) is 5.26. The van der Waals surface area contributed by atoms with Crippen LogP contribution in [0.1, 0.15) is 113 Å². The first-order chi connectivity index (χ1) is 12.2. The lowest BCUT2D eigenvalue weighted by Crippen LogP contribution is -2.35. The first-order valence-electron chi connectivity index (χ1n) is 11.4. The van der Waals surface area contributed by atoms with Gasteiger partial charge in [0, 0.05) is 0 Å². The lowest BCUT2D eigenvalue weighted by molar-refractivity contribution is 0.0611. The van der Waals surface area contributed by atoms with Crippen molar-refractivity contribution in [2.75, 3.05) is 0 Å².